The van der Waals surface area contributed by atoms with Crippen molar-refractivity contribution in [3.8, 4) is 0 Å². The molecule has 2 aliphatic carbocycles. The van der Waals surface area contributed by atoms with Crippen LogP contribution in [0.5, 0.6) is 0 Å². The zero-order valence-electron chi connectivity index (χ0n) is 33.0. The number of nitrogens with zero attached hydrogens (tertiary/aromatic N) is 2. The second-order valence-electron chi connectivity index (χ2n) is 15.4. The first-order chi connectivity index (χ1) is 25.3. The topological polar surface area (TPSA) is 6.48 Å². The Morgan fingerprint density at radius 2 is 0.660 bits per heavy atom. The molecule has 0 spiro atoms. The quantitative estimate of drug-likeness (QED) is 0.150. The fraction of sp³-hybridized carbons (Fsp3) is 0.245. The molecule has 4 aromatic carbocycles. The third-order valence-electron chi connectivity index (χ3n) is 10.3. The number of benzene rings is 4. The van der Waals surface area contributed by atoms with Gasteiger partial charge in [0.15, 0.2) is 0 Å². The van der Waals surface area contributed by atoms with Crippen LogP contribution >= 0.6 is 15.8 Å². The Labute approximate surface area is 325 Å². The SMILES string of the molecule is Cc1cc(C)cc(P([C]2[CH][CH][CH][C]2[C@@H](C)N2[C]N([C@H](C)[C]3[CH][CH][CH][C]3P(c3cc(C)cc(C)c3)c3cc(C)cc(C)c3)C=C2)c2cc(C)cc(C)c2)c1. The van der Waals surface area contributed by atoms with Crippen molar-refractivity contribution in [2.24, 2.45) is 0 Å². The van der Waals surface area contributed by atoms with Gasteiger partial charge in [-0.3, -0.25) is 0 Å². The maximum Gasteiger partial charge on any atom is 0.208 e. The summed E-state index contributed by atoms with van der Waals surface area (Å²) in [5.74, 6) is 2.73. The monoisotopic (exact) mass is 730 g/mol. The van der Waals surface area contributed by atoms with Crippen LogP contribution in [0.3, 0.4) is 0 Å². The van der Waals surface area contributed by atoms with Crippen molar-refractivity contribution in [2.75, 3.05) is 0 Å². The largest absolute Gasteiger partial charge is 0.343 e. The molecule has 0 N–H and O–H groups in total. The summed E-state index contributed by atoms with van der Waals surface area (Å²) < 4.78 is 0. The van der Waals surface area contributed by atoms with Gasteiger partial charge in [-0.05, 0) is 145 Å². The second kappa shape index (κ2) is 16.0. The van der Waals surface area contributed by atoms with Gasteiger partial charge in [0.2, 0.25) is 6.67 Å². The first-order valence-electron chi connectivity index (χ1n) is 18.8. The minimum absolute atomic E-state index is 0.122. The van der Waals surface area contributed by atoms with Crippen molar-refractivity contribution in [3.05, 3.63) is 198 Å². The highest BCUT2D eigenvalue weighted by Crippen LogP contribution is 2.59. The minimum atomic E-state index is -0.750. The van der Waals surface area contributed by atoms with Crippen molar-refractivity contribution in [2.45, 2.75) is 81.3 Å². The Hall–Kier alpha value is -2.92. The van der Waals surface area contributed by atoms with E-state index in [0.29, 0.717) is 0 Å². The zero-order chi connectivity index (χ0) is 37.6. The molecule has 2 nitrogen and oxygen atoms in total. The highest BCUT2D eigenvalue weighted by molar-refractivity contribution is 7.76. The molecule has 2 fully saturated rings. The predicted octanol–water partition coefficient (Wildman–Crippen LogP) is 10.0. The van der Waals surface area contributed by atoms with Crippen molar-refractivity contribution in [1.29, 1.82) is 0 Å². The van der Waals surface area contributed by atoms with Crippen LogP contribution in [0, 0.1) is 124 Å². The average molecular weight is 731 g/mol. The van der Waals surface area contributed by atoms with Gasteiger partial charge >= 0.3 is 0 Å². The molecule has 12 radical (unpaired) electrons. The summed E-state index contributed by atoms with van der Waals surface area (Å²) in [4.78, 5) is 4.57. The molecule has 53 heavy (non-hydrogen) atoms. The van der Waals surface area contributed by atoms with Crippen LogP contribution in [0.4, 0.5) is 0 Å². The summed E-state index contributed by atoms with van der Waals surface area (Å²) in [6.07, 6.45) is 18.3. The van der Waals surface area contributed by atoms with E-state index in [4.69, 9.17) is 0 Å². The van der Waals surface area contributed by atoms with Gasteiger partial charge in [0, 0.05) is 47.6 Å². The molecule has 1 heterocycles. The lowest BCUT2D eigenvalue weighted by atomic mass is 9.97. The summed E-state index contributed by atoms with van der Waals surface area (Å²) in [7, 11) is -1.50. The van der Waals surface area contributed by atoms with Gasteiger partial charge in [0.1, 0.15) is 0 Å². The number of aryl methyl sites for hydroxylation is 8. The normalized spacial score (nSPS) is 18.7. The molecule has 2 saturated carbocycles. The van der Waals surface area contributed by atoms with Crippen LogP contribution in [-0.2, 0) is 0 Å². The van der Waals surface area contributed by atoms with Gasteiger partial charge in [-0.1, -0.05) is 117 Å². The van der Waals surface area contributed by atoms with E-state index >= 15 is 0 Å². The second-order valence-corrected chi connectivity index (χ2v) is 19.7. The van der Waals surface area contributed by atoms with E-state index in [1.807, 2.05) is 0 Å². The molecule has 2 atom stereocenters. The Kier molecular flexibility index (Phi) is 11.6. The van der Waals surface area contributed by atoms with Gasteiger partial charge in [-0.2, -0.15) is 0 Å². The smallest absolute Gasteiger partial charge is 0.208 e. The van der Waals surface area contributed by atoms with E-state index in [1.54, 1.807) is 0 Å². The number of rotatable bonds is 10. The van der Waals surface area contributed by atoms with Gasteiger partial charge in [0.25, 0.3) is 0 Å². The number of hydrogen-bond acceptors (Lipinski definition) is 2. The molecule has 0 unspecified atom stereocenters. The average Bonchev–Trinajstić information content (AvgIpc) is 3.85. The van der Waals surface area contributed by atoms with Crippen LogP contribution in [0.1, 0.15) is 58.4 Å². The third kappa shape index (κ3) is 8.36. The van der Waals surface area contributed by atoms with Crippen LogP contribution in [-0.4, -0.2) is 21.9 Å². The maximum atomic E-state index is 3.80. The van der Waals surface area contributed by atoms with Gasteiger partial charge in [-0.15, -0.1) is 0 Å². The van der Waals surface area contributed by atoms with Crippen LogP contribution < -0.4 is 21.2 Å². The Bertz CT molecular complexity index is 1640. The molecule has 268 valence electrons. The summed E-state index contributed by atoms with van der Waals surface area (Å²) in [6.45, 7) is 26.2. The summed E-state index contributed by atoms with van der Waals surface area (Å²) in [6, 6.07) is 28.6. The molecular formula is C49H52N2P2. The molecule has 0 aromatic heterocycles. The molecule has 4 heteroatoms. The predicted molar refractivity (Wildman–Crippen MR) is 230 cm³/mol. The lowest BCUT2D eigenvalue weighted by Crippen LogP contribution is -2.39. The maximum absolute atomic E-state index is 3.80. The minimum Gasteiger partial charge on any atom is -0.343 e. The first-order valence-corrected chi connectivity index (χ1v) is 21.5. The fourth-order valence-electron chi connectivity index (χ4n) is 8.21. The zero-order valence-corrected chi connectivity index (χ0v) is 34.8. The molecule has 1 aliphatic heterocycles. The van der Waals surface area contributed by atoms with Gasteiger partial charge < -0.3 is 9.80 Å². The van der Waals surface area contributed by atoms with Crippen LogP contribution in [0.2, 0.25) is 0 Å². The third-order valence-corrected chi connectivity index (χ3v) is 15.2. The van der Waals surface area contributed by atoms with Crippen molar-refractivity contribution < 1.29 is 0 Å². The highest BCUT2D eigenvalue weighted by Gasteiger charge is 2.45. The summed E-state index contributed by atoms with van der Waals surface area (Å²) in [5.41, 5.74) is 13.4. The molecule has 0 bridgehead atoms. The summed E-state index contributed by atoms with van der Waals surface area (Å²) in [5, 5.41) is 5.65. The molecular weight excluding hydrogens is 679 g/mol. The van der Waals surface area contributed by atoms with Crippen molar-refractivity contribution in [1.82, 2.24) is 9.80 Å². The number of hydrogen-bond donors (Lipinski definition) is 0. The van der Waals surface area contributed by atoms with E-state index in [9.17, 15) is 0 Å². The molecule has 0 saturated heterocycles. The molecule has 4 aromatic rings. The standard InChI is InChI=1S/C49H52N2P2/c1-32-19-33(2)24-42(23-32)52(43-25-34(3)20-35(4)26-43)48-15-11-13-46(48)40(9)50-17-18-51(31-50)41(10)47-14-12-16-49(47)53(44-27-36(5)21-37(6)28-44)45-29-38(7)22-39(8)30-45/h11-30,40-41H,1-10H3/t40-,41-/m1/s1. The molecule has 3 aliphatic rings. The Morgan fingerprint density at radius 3 is 0.925 bits per heavy atom. The summed E-state index contributed by atoms with van der Waals surface area (Å²) >= 11 is 0. The molecule has 7 rings (SSSR count). The van der Waals surface area contributed by atoms with Crippen molar-refractivity contribution in [3.63, 3.8) is 0 Å². The van der Waals surface area contributed by atoms with E-state index in [2.05, 4.69) is 209 Å². The van der Waals surface area contributed by atoms with E-state index in [-0.39, 0.29) is 12.1 Å². The first kappa shape index (κ1) is 38.4. The lowest BCUT2D eigenvalue weighted by molar-refractivity contribution is 0.273. The highest BCUT2D eigenvalue weighted by atomic mass is 31.1. The van der Waals surface area contributed by atoms with E-state index in [1.165, 1.54) is 88.9 Å². The van der Waals surface area contributed by atoms with E-state index < -0.39 is 15.8 Å². The van der Waals surface area contributed by atoms with Crippen LogP contribution in [0.25, 0.3) is 0 Å². The molecule has 0 amide bonds. The Balaban J connectivity index is 1.13. The van der Waals surface area contributed by atoms with Crippen molar-refractivity contribution >= 4 is 37.1 Å². The van der Waals surface area contributed by atoms with Gasteiger partial charge in [0.05, 0.1) is 0 Å². The lowest BCUT2D eigenvalue weighted by Gasteiger charge is -2.38. The Morgan fingerprint density at radius 1 is 0.396 bits per heavy atom. The van der Waals surface area contributed by atoms with E-state index in [0.717, 1.165) is 0 Å². The van der Waals surface area contributed by atoms with Gasteiger partial charge in [-0.25, -0.2) is 0 Å². The fourth-order valence-corrected chi connectivity index (χ4v) is 14.1. The van der Waals surface area contributed by atoms with Crippen LogP contribution in [0.15, 0.2) is 85.2 Å².